The zero-order chi connectivity index (χ0) is 15.9. The number of hydrogen-bond donors (Lipinski definition) is 1. The second-order valence-corrected chi connectivity index (χ2v) is 6.14. The van der Waals surface area contributed by atoms with Crippen molar-refractivity contribution in [2.24, 2.45) is 5.92 Å². The van der Waals surface area contributed by atoms with Crippen LogP contribution >= 0.6 is 0 Å². The van der Waals surface area contributed by atoms with E-state index in [2.05, 4.69) is 10.3 Å². The highest BCUT2D eigenvalue weighted by molar-refractivity contribution is 5.94. The molecule has 0 bridgehead atoms. The van der Waals surface area contributed by atoms with Crippen LogP contribution in [0.25, 0.3) is 0 Å². The van der Waals surface area contributed by atoms with E-state index < -0.39 is 0 Å². The molecule has 2 aliphatic rings. The van der Waals surface area contributed by atoms with Gasteiger partial charge in [-0.3, -0.25) is 4.79 Å². The lowest BCUT2D eigenvalue weighted by atomic mass is 9.99. The Morgan fingerprint density at radius 3 is 2.83 bits per heavy atom. The Bertz CT molecular complexity index is 494. The summed E-state index contributed by atoms with van der Waals surface area (Å²) < 4.78 is 10.8. The molecule has 0 aliphatic carbocycles. The fraction of sp³-hybridized carbons (Fsp3) is 0.647. The fourth-order valence-corrected chi connectivity index (χ4v) is 3.01. The molecular formula is C17H25N3O3. The summed E-state index contributed by atoms with van der Waals surface area (Å²) >= 11 is 0. The van der Waals surface area contributed by atoms with E-state index in [0.29, 0.717) is 37.8 Å². The molecule has 1 atom stereocenters. The summed E-state index contributed by atoms with van der Waals surface area (Å²) in [6, 6.07) is 3.72. The number of nitrogens with zero attached hydrogens (tertiary/aromatic N) is 2. The first-order valence-electron chi connectivity index (χ1n) is 8.47. The number of hydrogen-bond acceptors (Lipinski definition) is 5. The molecule has 0 spiro atoms. The maximum Gasteiger partial charge on any atom is 0.255 e. The van der Waals surface area contributed by atoms with Gasteiger partial charge in [-0.1, -0.05) is 0 Å². The molecule has 1 N–H and O–H groups in total. The van der Waals surface area contributed by atoms with Gasteiger partial charge in [0.2, 0.25) is 0 Å². The number of pyridine rings is 1. The molecule has 1 amide bonds. The van der Waals surface area contributed by atoms with Crippen LogP contribution in [0.3, 0.4) is 0 Å². The standard InChI is InChI=1S/C17H25N3O3/c21-17(20-7-10-22-11-8-20)15-3-4-16(19-12-15)18-6-5-14-2-1-9-23-13-14/h3-4,12,14H,1-2,5-11,13H2,(H,18,19). The number of nitrogens with one attached hydrogen (secondary N) is 1. The van der Waals surface area contributed by atoms with Gasteiger partial charge in [-0.25, -0.2) is 4.98 Å². The van der Waals surface area contributed by atoms with E-state index in [1.807, 2.05) is 17.0 Å². The van der Waals surface area contributed by atoms with Gasteiger partial charge in [0, 0.05) is 39.0 Å². The third kappa shape index (κ3) is 4.65. The number of amides is 1. The molecule has 2 fully saturated rings. The average molecular weight is 319 g/mol. The first-order valence-corrected chi connectivity index (χ1v) is 8.47. The number of carbonyl (C=O) groups is 1. The summed E-state index contributed by atoms with van der Waals surface area (Å²) in [4.78, 5) is 18.5. The molecular weight excluding hydrogens is 294 g/mol. The largest absolute Gasteiger partial charge is 0.381 e. The minimum Gasteiger partial charge on any atom is -0.381 e. The summed E-state index contributed by atoms with van der Waals surface area (Å²) in [5.41, 5.74) is 0.637. The van der Waals surface area contributed by atoms with E-state index in [0.717, 1.165) is 32.0 Å². The van der Waals surface area contributed by atoms with E-state index >= 15 is 0 Å². The van der Waals surface area contributed by atoms with Gasteiger partial charge in [-0.15, -0.1) is 0 Å². The normalized spacial score (nSPS) is 21.9. The Labute approximate surface area is 137 Å². The molecule has 0 radical (unpaired) electrons. The third-order valence-corrected chi connectivity index (χ3v) is 4.42. The molecule has 0 aromatic carbocycles. The molecule has 6 nitrogen and oxygen atoms in total. The van der Waals surface area contributed by atoms with Crippen LogP contribution in [0.1, 0.15) is 29.6 Å². The van der Waals surface area contributed by atoms with Crippen LogP contribution in [-0.4, -0.2) is 61.9 Å². The minimum atomic E-state index is 0.0340. The zero-order valence-electron chi connectivity index (χ0n) is 13.5. The first kappa shape index (κ1) is 16.2. The highest BCUT2D eigenvalue weighted by atomic mass is 16.5. The van der Waals surface area contributed by atoms with Crippen molar-refractivity contribution in [3.63, 3.8) is 0 Å². The van der Waals surface area contributed by atoms with Gasteiger partial charge in [0.15, 0.2) is 0 Å². The molecule has 1 aromatic heterocycles. The minimum absolute atomic E-state index is 0.0340. The summed E-state index contributed by atoms with van der Waals surface area (Å²) in [5, 5.41) is 3.33. The predicted octanol–water partition coefficient (Wildman–Crippen LogP) is 1.78. The fourth-order valence-electron chi connectivity index (χ4n) is 3.01. The van der Waals surface area contributed by atoms with E-state index in [9.17, 15) is 4.79 Å². The lowest BCUT2D eigenvalue weighted by molar-refractivity contribution is 0.0302. The maximum absolute atomic E-state index is 12.3. The summed E-state index contributed by atoms with van der Waals surface area (Å²) in [6.07, 6.45) is 5.17. The zero-order valence-corrected chi connectivity index (χ0v) is 13.5. The Morgan fingerprint density at radius 1 is 1.26 bits per heavy atom. The lowest BCUT2D eigenvalue weighted by Crippen LogP contribution is -2.40. The van der Waals surface area contributed by atoms with Crippen LogP contribution in [0.4, 0.5) is 5.82 Å². The Hall–Kier alpha value is -1.66. The summed E-state index contributed by atoms with van der Waals surface area (Å²) in [5.74, 6) is 1.50. The maximum atomic E-state index is 12.3. The number of anilines is 1. The van der Waals surface area contributed by atoms with Gasteiger partial charge in [0.1, 0.15) is 5.82 Å². The van der Waals surface area contributed by atoms with Crippen molar-refractivity contribution in [1.82, 2.24) is 9.88 Å². The van der Waals surface area contributed by atoms with Crippen LogP contribution in [-0.2, 0) is 9.47 Å². The van der Waals surface area contributed by atoms with Gasteiger partial charge in [-0.05, 0) is 37.3 Å². The van der Waals surface area contributed by atoms with Crippen molar-refractivity contribution in [3.8, 4) is 0 Å². The number of morpholine rings is 1. The number of rotatable bonds is 5. The Balaban J connectivity index is 1.45. The second-order valence-electron chi connectivity index (χ2n) is 6.14. The SMILES string of the molecule is O=C(c1ccc(NCCC2CCCOC2)nc1)N1CCOCC1. The molecule has 126 valence electrons. The van der Waals surface area contributed by atoms with E-state index in [4.69, 9.17) is 9.47 Å². The topological polar surface area (TPSA) is 63.7 Å². The van der Waals surface area contributed by atoms with E-state index in [1.54, 1.807) is 6.20 Å². The Morgan fingerprint density at radius 2 is 2.13 bits per heavy atom. The van der Waals surface area contributed by atoms with Crippen LogP contribution in [0.2, 0.25) is 0 Å². The van der Waals surface area contributed by atoms with Gasteiger partial charge < -0.3 is 19.7 Å². The number of carbonyl (C=O) groups excluding carboxylic acids is 1. The molecule has 3 heterocycles. The van der Waals surface area contributed by atoms with Crippen LogP contribution in [0.15, 0.2) is 18.3 Å². The van der Waals surface area contributed by atoms with Gasteiger partial charge in [-0.2, -0.15) is 0 Å². The quantitative estimate of drug-likeness (QED) is 0.896. The first-order chi connectivity index (χ1) is 11.3. The molecule has 2 aliphatic heterocycles. The molecule has 1 unspecified atom stereocenters. The smallest absolute Gasteiger partial charge is 0.255 e. The average Bonchev–Trinajstić information content (AvgIpc) is 2.63. The monoisotopic (exact) mass is 319 g/mol. The molecule has 0 saturated carbocycles. The van der Waals surface area contributed by atoms with E-state index in [-0.39, 0.29) is 5.91 Å². The van der Waals surface area contributed by atoms with Gasteiger partial charge in [0.05, 0.1) is 18.8 Å². The van der Waals surface area contributed by atoms with Crippen molar-refractivity contribution >= 4 is 11.7 Å². The van der Waals surface area contributed by atoms with Crippen LogP contribution in [0, 0.1) is 5.92 Å². The lowest BCUT2D eigenvalue weighted by Gasteiger charge is -2.26. The van der Waals surface area contributed by atoms with Crippen molar-refractivity contribution in [2.75, 3.05) is 51.4 Å². The van der Waals surface area contributed by atoms with Crippen molar-refractivity contribution in [1.29, 1.82) is 0 Å². The van der Waals surface area contributed by atoms with Crippen molar-refractivity contribution < 1.29 is 14.3 Å². The summed E-state index contributed by atoms with van der Waals surface area (Å²) in [7, 11) is 0. The predicted molar refractivity (Wildman–Crippen MR) is 87.6 cm³/mol. The molecule has 6 heteroatoms. The van der Waals surface area contributed by atoms with E-state index in [1.165, 1.54) is 12.8 Å². The van der Waals surface area contributed by atoms with Crippen molar-refractivity contribution in [2.45, 2.75) is 19.3 Å². The summed E-state index contributed by atoms with van der Waals surface area (Å²) in [6.45, 7) is 5.21. The van der Waals surface area contributed by atoms with Crippen LogP contribution in [0.5, 0.6) is 0 Å². The number of aromatic nitrogens is 1. The highest BCUT2D eigenvalue weighted by Crippen LogP contribution is 2.17. The number of ether oxygens (including phenoxy) is 2. The molecule has 3 rings (SSSR count). The molecule has 23 heavy (non-hydrogen) atoms. The van der Waals surface area contributed by atoms with Gasteiger partial charge in [0.25, 0.3) is 5.91 Å². The van der Waals surface area contributed by atoms with Gasteiger partial charge >= 0.3 is 0 Å². The third-order valence-electron chi connectivity index (χ3n) is 4.42. The molecule has 1 aromatic rings. The second kappa shape index (κ2) is 8.26. The molecule has 2 saturated heterocycles. The highest BCUT2D eigenvalue weighted by Gasteiger charge is 2.18. The van der Waals surface area contributed by atoms with Crippen LogP contribution < -0.4 is 5.32 Å². The van der Waals surface area contributed by atoms with Crippen molar-refractivity contribution in [3.05, 3.63) is 23.9 Å². The Kier molecular flexibility index (Phi) is 5.82.